The van der Waals surface area contributed by atoms with Crippen LogP contribution in [0.4, 0.5) is 5.69 Å². The minimum absolute atomic E-state index is 0.653. The Hall–Kier alpha value is -1.06. The lowest BCUT2D eigenvalue weighted by atomic mass is 10.1. The zero-order valence-corrected chi connectivity index (χ0v) is 12.6. The summed E-state index contributed by atoms with van der Waals surface area (Å²) in [6, 6.07) is 7.34. The molecular weight excluding hydrogens is 246 g/mol. The number of hydrogen-bond donors (Lipinski definition) is 2. The van der Waals surface area contributed by atoms with E-state index in [4.69, 9.17) is 0 Å². The van der Waals surface area contributed by atoms with E-state index in [1.165, 1.54) is 55.6 Å². The van der Waals surface area contributed by atoms with Crippen LogP contribution in [0.25, 0.3) is 0 Å². The van der Waals surface area contributed by atoms with Crippen molar-refractivity contribution < 1.29 is 0 Å². The van der Waals surface area contributed by atoms with Gasteiger partial charge in [0.25, 0.3) is 0 Å². The first-order valence-electron chi connectivity index (χ1n) is 8.14. The zero-order chi connectivity index (χ0) is 13.8. The highest BCUT2D eigenvalue weighted by Crippen LogP contribution is 2.26. The molecule has 0 bridgehead atoms. The zero-order valence-electron chi connectivity index (χ0n) is 12.6. The number of rotatable bonds is 5. The summed E-state index contributed by atoms with van der Waals surface area (Å²) in [4.78, 5) is 2.63. The largest absolute Gasteiger partial charge is 0.384 e. The number of nitrogens with one attached hydrogen (secondary N) is 2. The van der Waals surface area contributed by atoms with E-state index in [1.54, 1.807) is 0 Å². The van der Waals surface area contributed by atoms with Gasteiger partial charge in [0.2, 0.25) is 0 Å². The van der Waals surface area contributed by atoms with Crippen LogP contribution in [-0.4, -0.2) is 37.1 Å². The smallest absolute Gasteiger partial charge is 0.0419 e. The molecule has 0 aromatic heterocycles. The lowest BCUT2D eigenvalue weighted by molar-refractivity contribution is 0.170. The molecule has 0 radical (unpaired) electrons. The van der Waals surface area contributed by atoms with Crippen molar-refractivity contribution in [2.75, 3.05) is 31.5 Å². The van der Waals surface area contributed by atoms with Gasteiger partial charge in [-0.15, -0.1) is 0 Å². The molecule has 20 heavy (non-hydrogen) atoms. The van der Waals surface area contributed by atoms with Crippen LogP contribution in [-0.2, 0) is 13.0 Å². The van der Waals surface area contributed by atoms with Crippen LogP contribution in [0.15, 0.2) is 18.2 Å². The Bertz CT molecular complexity index is 438. The average Bonchev–Trinajstić information content (AvgIpc) is 2.97. The number of piperidine rings is 1. The van der Waals surface area contributed by atoms with Gasteiger partial charge >= 0.3 is 0 Å². The van der Waals surface area contributed by atoms with Crippen molar-refractivity contribution in [3.05, 3.63) is 29.3 Å². The average molecular weight is 273 g/mol. The molecule has 0 saturated carbocycles. The summed E-state index contributed by atoms with van der Waals surface area (Å²) >= 11 is 0. The van der Waals surface area contributed by atoms with Crippen LogP contribution in [0.2, 0.25) is 0 Å². The van der Waals surface area contributed by atoms with Gasteiger partial charge in [-0.1, -0.05) is 24.6 Å². The maximum absolute atomic E-state index is 3.65. The van der Waals surface area contributed by atoms with Crippen molar-refractivity contribution in [3.63, 3.8) is 0 Å². The number of nitrogens with zero attached hydrogens (tertiary/aromatic N) is 1. The molecule has 3 nitrogen and oxygen atoms in total. The second-order valence-electron chi connectivity index (χ2n) is 6.20. The van der Waals surface area contributed by atoms with Gasteiger partial charge in [-0.3, -0.25) is 4.90 Å². The molecule has 110 valence electrons. The van der Waals surface area contributed by atoms with Crippen molar-refractivity contribution >= 4 is 5.69 Å². The normalized spacial score (nSPS) is 20.4. The van der Waals surface area contributed by atoms with Gasteiger partial charge in [0.1, 0.15) is 0 Å². The fourth-order valence-corrected chi connectivity index (χ4v) is 3.46. The fourth-order valence-electron chi connectivity index (χ4n) is 3.46. The van der Waals surface area contributed by atoms with E-state index >= 15 is 0 Å². The SMILES string of the molecule is CC(CNCc1cccc2c1NCC2)N1CCCCC1. The number of hydrogen-bond acceptors (Lipinski definition) is 3. The summed E-state index contributed by atoms with van der Waals surface area (Å²) in [6.45, 7) is 8.08. The third-order valence-electron chi connectivity index (χ3n) is 4.70. The summed E-state index contributed by atoms with van der Waals surface area (Å²) in [7, 11) is 0. The van der Waals surface area contributed by atoms with E-state index in [2.05, 4.69) is 40.7 Å². The second kappa shape index (κ2) is 6.59. The van der Waals surface area contributed by atoms with E-state index in [0.717, 1.165) is 19.6 Å². The lowest BCUT2D eigenvalue weighted by Crippen LogP contribution is -2.43. The molecular formula is C17H27N3. The molecule has 0 amide bonds. The van der Waals surface area contributed by atoms with Gasteiger partial charge < -0.3 is 10.6 Å². The summed E-state index contributed by atoms with van der Waals surface area (Å²) in [6.07, 6.45) is 5.34. The first-order chi connectivity index (χ1) is 9.84. The van der Waals surface area contributed by atoms with E-state index in [0.29, 0.717) is 6.04 Å². The van der Waals surface area contributed by atoms with Gasteiger partial charge in [0.05, 0.1) is 0 Å². The minimum atomic E-state index is 0.653. The molecule has 3 rings (SSSR count). The molecule has 2 aliphatic rings. The van der Waals surface area contributed by atoms with Crippen molar-refractivity contribution in [2.45, 2.75) is 45.2 Å². The minimum Gasteiger partial charge on any atom is -0.384 e. The van der Waals surface area contributed by atoms with Crippen LogP contribution >= 0.6 is 0 Å². The molecule has 2 heterocycles. The molecule has 0 aliphatic carbocycles. The number of fused-ring (bicyclic) bond motifs is 1. The predicted octanol–water partition coefficient (Wildman–Crippen LogP) is 2.62. The summed E-state index contributed by atoms with van der Waals surface area (Å²) < 4.78 is 0. The molecule has 3 heteroatoms. The van der Waals surface area contributed by atoms with E-state index in [-0.39, 0.29) is 0 Å². The second-order valence-corrected chi connectivity index (χ2v) is 6.20. The number of para-hydroxylation sites is 1. The predicted molar refractivity (Wildman–Crippen MR) is 85.2 cm³/mol. The Kier molecular flexibility index (Phi) is 4.58. The summed E-state index contributed by atoms with van der Waals surface area (Å²) in [5.74, 6) is 0. The highest BCUT2D eigenvalue weighted by molar-refractivity contribution is 5.61. The molecule has 1 atom stereocenters. The van der Waals surface area contributed by atoms with Gasteiger partial charge in [0.15, 0.2) is 0 Å². The van der Waals surface area contributed by atoms with Crippen molar-refractivity contribution in [2.24, 2.45) is 0 Å². The maximum Gasteiger partial charge on any atom is 0.0419 e. The van der Waals surface area contributed by atoms with Crippen molar-refractivity contribution in [3.8, 4) is 0 Å². The van der Waals surface area contributed by atoms with Crippen molar-refractivity contribution in [1.29, 1.82) is 0 Å². The van der Waals surface area contributed by atoms with Gasteiger partial charge in [-0.05, 0) is 50.4 Å². The molecule has 1 aromatic rings. The third kappa shape index (κ3) is 3.15. The number of benzene rings is 1. The summed E-state index contributed by atoms with van der Waals surface area (Å²) in [5.41, 5.74) is 4.28. The standard InChI is InChI=1S/C17H27N3/c1-14(20-10-3-2-4-11-20)12-18-13-16-7-5-6-15-8-9-19-17(15)16/h5-7,14,18-19H,2-4,8-13H2,1H3. The topological polar surface area (TPSA) is 27.3 Å². The van der Waals surface area contributed by atoms with Crippen LogP contribution < -0.4 is 10.6 Å². The molecule has 2 aliphatic heterocycles. The van der Waals surface area contributed by atoms with Crippen molar-refractivity contribution in [1.82, 2.24) is 10.2 Å². The third-order valence-corrected chi connectivity index (χ3v) is 4.70. The van der Waals surface area contributed by atoms with Crippen LogP contribution in [0.1, 0.15) is 37.3 Å². The Labute approximate surface area is 122 Å². The Morgan fingerprint density at radius 3 is 2.95 bits per heavy atom. The lowest BCUT2D eigenvalue weighted by Gasteiger charge is -2.32. The van der Waals surface area contributed by atoms with E-state index in [1.807, 2.05) is 0 Å². The highest BCUT2D eigenvalue weighted by Gasteiger charge is 2.17. The van der Waals surface area contributed by atoms with Gasteiger partial charge in [0, 0.05) is 31.4 Å². The fraction of sp³-hybridized carbons (Fsp3) is 0.647. The van der Waals surface area contributed by atoms with Crippen LogP contribution in [0.5, 0.6) is 0 Å². The van der Waals surface area contributed by atoms with E-state index < -0.39 is 0 Å². The molecule has 1 aromatic carbocycles. The molecule has 1 saturated heterocycles. The maximum atomic E-state index is 3.65. The van der Waals surface area contributed by atoms with Gasteiger partial charge in [-0.2, -0.15) is 0 Å². The quantitative estimate of drug-likeness (QED) is 0.863. The Morgan fingerprint density at radius 2 is 2.10 bits per heavy atom. The Morgan fingerprint density at radius 1 is 1.25 bits per heavy atom. The molecule has 0 spiro atoms. The molecule has 2 N–H and O–H groups in total. The molecule has 1 unspecified atom stereocenters. The van der Waals surface area contributed by atoms with Gasteiger partial charge in [-0.25, -0.2) is 0 Å². The van der Waals surface area contributed by atoms with Crippen LogP contribution in [0.3, 0.4) is 0 Å². The first kappa shape index (κ1) is 13.9. The number of likely N-dealkylation sites (tertiary alicyclic amines) is 1. The highest BCUT2D eigenvalue weighted by atomic mass is 15.2. The van der Waals surface area contributed by atoms with E-state index in [9.17, 15) is 0 Å². The first-order valence-corrected chi connectivity index (χ1v) is 8.14. The monoisotopic (exact) mass is 273 g/mol. The molecule has 1 fully saturated rings. The summed E-state index contributed by atoms with van der Waals surface area (Å²) in [5, 5.41) is 7.17. The van der Waals surface area contributed by atoms with Crippen LogP contribution in [0, 0.1) is 0 Å². The number of anilines is 1. The Balaban J connectivity index is 1.49.